The SMILES string of the molecule is CN=Cc1cncc(COc2cc(OCc3cccc(-c4cccc(COc5cc(OCc6cncc(C7=NC7)c6)c(CN[C@@H](CC#N)C(O)O)cc5Cl)c4C)c3C)c(Cl)cc2CN[C@@H](CC#N)C(=O)O)c1. The lowest BCUT2D eigenvalue weighted by atomic mass is 9.92. The molecule has 7 rings (SSSR count). The number of nitriles is 2. The molecule has 0 spiro atoms. The maximum atomic E-state index is 11.8. The number of hydrogen-bond acceptors (Lipinski definition) is 15. The normalized spacial score (nSPS) is 12.7. The second-order valence-electron chi connectivity index (χ2n) is 16.9. The number of nitrogens with zero attached hydrogens (tertiary/aromatic N) is 6. The predicted molar refractivity (Wildman–Crippen MR) is 273 cm³/mol. The molecule has 4 aromatic carbocycles. The number of aliphatic imine (C=N–C) groups is 2. The highest BCUT2D eigenvalue weighted by Crippen LogP contribution is 2.38. The van der Waals surface area contributed by atoms with E-state index in [2.05, 4.69) is 30.6 Å². The first-order valence-corrected chi connectivity index (χ1v) is 23.6. The molecular weight excluding hydrogens is 960 g/mol. The summed E-state index contributed by atoms with van der Waals surface area (Å²) >= 11 is 13.7. The van der Waals surface area contributed by atoms with Crippen molar-refractivity contribution in [3.63, 3.8) is 0 Å². The minimum Gasteiger partial charge on any atom is -0.488 e. The highest BCUT2D eigenvalue weighted by molar-refractivity contribution is 6.32. The van der Waals surface area contributed by atoms with Gasteiger partial charge in [-0.15, -0.1) is 0 Å². The van der Waals surface area contributed by atoms with E-state index in [0.717, 1.165) is 61.3 Å². The summed E-state index contributed by atoms with van der Waals surface area (Å²) in [5, 5.41) is 54.3. The van der Waals surface area contributed by atoms with Crippen molar-refractivity contribution in [1.29, 1.82) is 10.5 Å². The molecule has 72 heavy (non-hydrogen) atoms. The molecule has 5 N–H and O–H groups in total. The van der Waals surface area contributed by atoms with E-state index >= 15 is 0 Å². The van der Waals surface area contributed by atoms with Gasteiger partial charge in [-0.3, -0.25) is 30.1 Å². The largest absolute Gasteiger partial charge is 0.488 e. The van der Waals surface area contributed by atoms with Gasteiger partial charge in [-0.2, -0.15) is 10.5 Å². The number of halogens is 2. The van der Waals surface area contributed by atoms with Crippen LogP contribution in [0.4, 0.5) is 0 Å². The van der Waals surface area contributed by atoms with E-state index in [1.165, 1.54) is 0 Å². The first kappa shape index (κ1) is 52.4. The third kappa shape index (κ3) is 13.9. The Hall–Kier alpha value is -7.41. The molecular formula is C54H52Cl2N8O8. The standard InChI is InChI=1S/C54H52Cl2N8O8/c1-32-37(30-71-51-18-49(69-28-35-14-34(20-59-3)21-60-22-35)40(16-44(51)55)25-62-46(10-12-57)53(65)66)6-4-8-42(32)43-9-5-7-38(33(43)2)31-72-52-19-50(70-29-36-15-39(24-61-23-36)48-27-64-48)41(17-45(52)56)26-63-47(11-13-58)54(67)68/h4-9,14-24,46-47,54,62-63,67-68H,10-11,25-31H2,1-3H3,(H,65,66)/t46-,47-/m0/s1. The maximum absolute atomic E-state index is 11.8. The fourth-order valence-electron chi connectivity index (χ4n) is 7.76. The number of aliphatic hydroxyl groups is 2. The minimum absolute atomic E-state index is 0.0561. The number of carboxylic acid groups (broad SMARTS) is 1. The monoisotopic (exact) mass is 1010 g/mol. The van der Waals surface area contributed by atoms with Crippen LogP contribution in [-0.2, 0) is 44.3 Å². The summed E-state index contributed by atoms with van der Waals surface area (Å²) in [6.45, 7) is 5.57. The summed E-state index contributed by atoms with van der Waals surface area (Å²) in [6.07, 6.45) is 6.43. The molecule has 0 bridgehead atoms. The summed E-state index contributed by atoms with van der Waals surface area (Å²) < 4.78 is 25.4. The fourth-order valence-corrected chi connectivity index (χ4v) is 8.24. The Labute approximate surface area is 427 Å². The Morgan fingerprint density at radius 3 is 1.76 bits per heavy atom. The molecule has 18 heteroatoms. The third-order valence-corrected chi connectivity index (χ3v) is 12.5. The van der Waals surface area contributed by atoms with Crippen LogP contribution >= 0.6 is 23.2 Å². The molecule has 1 aliphatic heterocycles. The van der Waals surface area contributed by atoms with Gasteiger partial charge in [0.1, 0.15) is 55.5 Å². The second kappa shape index (κ2) is 25.1. The Kier molecular flexibility index (Phi) is 18.3. The number of nitrogens with one attached hydrogen (secondary N) is 2. The average molecular weight is 1010 g/mol. The molecule has 0 amide bonds. The van der Waals surface area contributed by atoms with Crippen LogP contribution in [0.3, 0.4) is 0 Å². The highest BCUT2D eigenvalue weighted by Gasteiger charge is 2.22. The second-order valence-corrected chi connectivity index (χ2v) is 17.7. The fraction of sp³-hybridized carbons (Fsp3) is 0.278. The van der Waals surface area contributed by atoms with Crippen molar-refractivity contribution in [2.45, 2.75) is 84.6 Å². The lowest BCUT2D eigenvalue weighted by Gasteiger charge is -2.20. The quantitative estimate of drug-likeness (QED) is 0.0268. The Morgan fingerprint density at radius 2 is 1.25 bits per heavy atom. The number of benzene rings is 4. The van der Waals surface area contributed by atoms with E-state index < -0.39 is 24.3 Å². The lowest BCUT2D eigenvalue weighted by Crippen LogP contribution is -2.39. The van der Waals surface area contributed by atoms with Gasteiger partial charge in [0.2, 0.25) is 0 Å². The van der Waals surface area contributed by atoms with Crippen LogP contribution in [0.25, 0.3) is 11.1 Å². The van der Waals surface area contributed by atoms with Crippen molar-refractivity contribution in [3.8, 4) is 46.3 Å². The summed E-state index contributed by atoms with van der Waals surface area (Å²) in [7, 11) is 1.67. The van der Waals surface area contributed by atoms with Crippen molar-refractivity contribution >= 4 is 41.1 Å². The van der Waals surface area contributed by atoms with Crippen LogP contribution < -0.4 is 29.6 Å². The summed E-state index contributed by atoms with van der Waals surface area (Å²) in [5.74, 6) is 0.426. The molecule has 0 unspecified atom stereocenters. The molecule has 0 saturated heterocycles. The van der Waals surface area contributed by atoms with E-state index in [1.54, 1.807) is 62.3 Å². The summed E-state index contributed by atoms with van der Waals surface area (Å²) in [5.41, 5.74) is 11.3. The van der Waals surface area contributed by atoms with Gasteiger partial charge in [0.25, 0.3) is 0 Å². The van der Waals surface area contributed by atoms with E-state index in [0.29, 0.717) is 45.7 Å². The molecule has 2 atom stereocenters. The van der Waals surface area contributed by atoms with Gasteiger partial charge >= 0.3 is 5.97 Å². The van der Waals surface area contributed by atoms with Gasteiger partial charge in [-0.05, 0) is 71.5 Å². The van der Waals surface area contributed by atoms with Crippen LogP contribution in [0.2, 0.25) is 10.0 Å². The first-order chi connectivity index (χ1) is 34.8. The van der Waals surface area contributed by atoms with Crippen molar-refractivity contribution in [2.24, 2.45) is 9.98 Å². The average Bonchev–Trinajstić information content (AvgIpc) is 4.22. The third-order valence-electron chi connectivity index (χ3n) is 11.9. The Morgan fingerprint density at radius 1 is 0.722 bits per heavy atom. The van der Waals surface area contributed by atoms with E-state index in [9.17, 15) is 30.6 Å². The number of carboxylic acids is 1. The molecule has 370 valence electrons. The van der Waals surface area contributed by atoms with Crippen LogP contribution in [0.15, 0.2) is 108 Å². The Balaban J connectivity index is 1.08. The predicted octanol–water partition coefficient (Wildman–Crippen LogP) is 8.37. The maximum Gasteiger partial charge on any atom is 0.321 e. The molecule has 3 heterocycles. The zero-order valence-electron chi connectivity index (χ0n) is 39.7. The molecule has 1 aliphatic rings. The number of aliphatic hydroxyl groups excluding tert-OH is 1. The molecule has 16 nitrogen and oxygen atoms in total. The zero-order valence-corrected chi connectivity index (χ0v) is 41.2. The van der Waals surface area contributed by atoms with Crippen LogP contribution in [0.5, 0.6) is 23.0 Å². The number of hydrogen-bond donors (Lipinski definition) is 5. The molecule has 0 fully saturated rings. The molecule has 6 aromatic rings. The number of pyridine rings is 2. The summed E-state index contributed by atoms with van der Waals surface area (Å²) in [6, 6.07) is 24.5. The number of ether oxygens (including phenoxy) is 4. The number of aromatic nitrogens is 2. The number of rotatable bonds is 25. The van der Waals surface area contributed by atoms with Gasteiger partial charge in [0.05, 0.1) is 53.3 Å². The molecule has 0 aliphatic carbocycles. The topological polar surface area (TPSA) is 237 Å². The Bertz CT molecular complexity index is 3060. The van der Waals surface area contributed by atoms with Crippen molar-refractivity contribution in [1.82, 2.24) is 20.6 Å². The van der Waals surface area contributed by atoms with Crippen LogP contribution in [0, 0.1) is 36.5 Å². The molecule has 2 aromatic heterocycles. The van der Waals surface area contributed by atoms with Crippen molar-refractivity contribution in [3.05, 3.63) is 163 Å². The van der Waals surface area contributed by atoms with Gasteiger partial charge in [0.15, 0.2) is 6.29 Å². The van der Waals surface area contributed by atoms with Gasteiger partial charge in [-0.25, -0.2) is 0 Å². The van der Waals surface area contributed by atoms with Crippen molar-refractivity contribution in [2.75, 3.05) is 13.6 Å². The zero-order chi connectivity index (χ0) is 51.1. The molecule has 0 radical (unpaired) electrons. The van der Waals surface area contributed by atoms with Crippen molar-refractivity contribution < 1.29 is 39.1 Å². The molecule has 0 saturated carbocycles. The lowest BCUT2D eigenvalue weighted by molar-refractivity contribution is -0.139. The number of aliphatic carboxylic acids is 1. The van der Waals surface area contributed by atoms with E-state index in [4.69, 9.17) is 42.1 Å². The smallest absolute Gasteiger partial charge is 0.321 e. The van der Waals surface area contributed by atoms with Crippen LogP contribution in [0.1, 0.15) is 68.5 Å². The van der Waals surface area contributed by atoms with Gasteiger partial charge in [-0.1, -0.05) is 59.6 Å². The van der Waals surface area contributed by atoms with E-state index in [-0.39, 0.29) is 57.4 Å². The van der Waals surface area contributed by atoms with Gasteiger partial charge in [0, 0.05) is 96.7 Å². The first-order valence-electron chi connectivity index (χ1n) is 22.8. The minimum atomic E-state index is -1.75. The summed E-state index contributed by atoms with van der Waals surface area (Å²) in [4.78, 5) is 28.8. The van der Waals surface area contributed by atoms with Gasteiger partial charge < -0.3 is 39.6 Å². The number of carbonyl (C=O) groups is 1. The highest BCUT2D eigenvalue weighted by atomic mass is 35.5. The van der Waals surface area contributed by atoms with Crippen LogP contribution in [-0.4, -0.2) is 75.1 Å². The van der Waals surface area contributed by atoms with E-state index in [1.807, 2.05) is 74.5 Å².